The summed E-state index contributed by atoms with van der Waals surface area (Å²) in [6.07, 6.45) is 1.49. The second-order valence-corrected chi connectivity index (χ2v) is 9.70. The Morgan fingerprint density at radius 1 is 1.00 bits per heavy atom. The first-order valence-electron chi connectivity index (χ1n) is 9.50. The lowest BCUT2D eigenvalue weighted by Gasteiger charge is -2.24. The fourth-order valence-electron chi connectivity index (χ4n) is 3.05. The van der Waals surface area contributed by atoms with E-state index in [1.165, 1.54) is 18.3 Å². The van der Waals surface area contributed by atoms with E-state index in [0.717, 1.165) is 25.5 Å². The number of benzene rings is 3. The molecule has 8 heteroatoms. The quantitative estimate of drug-likeness (QED) is 0.386. The SMILES string of the molecule is Cc1cc(C)cc(N(CC(=O)N/N=C\c2ccccc2Br)S(=O)(=O)c2ccccc2)c1. The van der Waals surface area contributed by atoms with E-state index in [1.807, 2.05) is 44.2 Å². The number of rotatable bonds is 7. The number of aryl methyl sites for hydroxylation is 2. The summed E-state index contributed by atoms with van der Waals surface area (Å²) in [5, 5.41) is 3.96. The number of nitrogens with one attached hydrogen (secondary N) is 1. The number of hydrogen-bond acceptors (Lipinski definition) is 4. The van der Waals surface area contributed by atoms with Gasteiger partial charge in [-0.2, -0.15) is 5.10 Å². The molecule has 1 amide bonds. The number of hydrogen-bond donors (Lipinski definition) is 1. The summed E-state index contributed by atoms with van der Waals surface area (Å²) < 4.78 is 28.6. The molecule has 0 aromatic heterocycles. The van der Waals surface area contributed by atoms with E-state index in [0.29, 0.717) is 5.69 Å². The summed E-state index contributed by atoms with van der Waals surface area (Å²) in [5.74, 6) is -0.554. The summed E-state index contributed by atoms with van der Waals surface area (Å²) in [4.78, 5) is 12.7. The first-order chi connectivity index (χ1) is 14.8. The smallest absolute Gasteiger partial charge is 0.264 e. The number of carbonyl (C=O) groups is 1. The number of anilines is 1. The molecule has 0 unspecified atom stereocenters. The predicted molar refractivity (Wildman–Crippen MR) is 127 cm³/mol. The van der Waals surface area contributed by atoms with Gasteiger partial charge in [-0.05, 0) is 55.3 Å². The molecule has 0 saturated heterocycles. The highest BCUT2D eigenvalue weighted by Gasteiger charge is 2.27. The molecule has 31 heavy (non-hydrogen) atoms. The van der Waals surface area contributed by atoms with Gasteiger partial charge in [0.15, 0.2) is 0 Å². The minimum Gasteiger partial charge on any atom is -0.271 e. The molecule has 0 spiro atoms. The summed E-state index contributed by atoms with van der Waals surface area (Å²) >= 11 is 3.41. The van der Waals surface area contributed by atoms with Gasteiger partial charge < -0.3 is 0 Å². The fourth-order valence-corrected chi connectivity index (χ4v) is 4.86. The van der Waals surface area contributed by atoms with Crippen molar-refractivity contribution in [3.8, 4) is 0 Å². The van der Waals surface area contributed by atoms with Gasteiger partial charge in [-0.3, -0.25) is 9.10 Å². The van der Waals surface area contributed by atoms with Crippen LogP contribution in [0.3, 0.4) is 0 Å². The molecule has 0 aliphatic rings. The monoisotopic (exact) mass is 499 g/mol. The third-order valence-corrected chi connectivity index (χ3v) is 6.92. The summed E-state index contributed by atoms with van der Waals surface area (Å²) in [7, 11) is -3.95. The Morgan fingerprint density at radius 2 is 1.61 bits per heavy atom. The van der Waals surface area contributed by atoms with Crippen LogP contribution in [0, 0.1) is 13.8 Å². The van der Waals surface area contributed by atoms with Gasteiger partial charge in [0.2, 0.25) is 0 Å². The molecule has 0 heterocycles. The minimum absolute atomic E-state index is 0.110. The summed E-state index contributed by atoms with van der Waals surface area (Å²) in [5.41, 5.74) is 5.42. The normalized spacial score (nSPS) is 11.5. The van der Waals surface area contributed by atoms with Crippen LogP contribution < -0.4 is 9.73 Å². The van der Waals surface area contributed by atoms with E-state index in [2.05, 4.69) is 26.5 Å². The number of amides is 1. The van der Waals surface area contributed by atoms with Crippen LogP contribution in [0.25, 0.3) is 0 Å². The van der Waals surface area contributed by atoms with Crippen molar-refractivity contribution < 1.29 is 13.2 Å². The maximum atomic E-state index is 13.3. The number of sulfonamides is 1. The number of nitrogens with zero attached hydrogens (tertiary/aromatic N) is 2. The molecule has 0 bridgehead atoms. The van der Waals surface area contributed by atoms with Gasteiger partial charge in [0.1, 0.15) is 6.54 Å². The van der Waals surface area contributed by atoms with Gasteiger partial charge in [-0.1, -0.05) is 58.4 Å². The Labute approximate surface area is 190 Å². The molecule has 0 fully saturated rings. The van der Waals surface area contributed by atoms with Crippen LogP contribution >= 0.6 is 15.9 Å². The van der Waals surface area contributed by atoms with Crippen LogP contribution in [-0.4, -0.2) is 27.1 Å². The van der Waals surface area contributed by atoms with Crippen molar-refractivity contribution in [1.29, 1.82) is 0 Å². The second-order valence-electron chi connectivity index (χ2n) is 6.99. The molecular formula is C23H22BrN3O3S. The first-order valence-corrected chi connectivity index (χ1v) is 11.7. The standard InChI is InChI=1S/C23H22BrN3O3S/c1-17-12-18(2)14-20(13-17)27(31(29,30)21-9-4-3-5-10-21)16-23(28)26-25-15-19-8-6-7-11-22(19)24/h3-15H,16H2,1-2H3,(H,26,28)/b25-15-. The van der Waals surface area contributed by atoms with Crippen molar-refractivity contribution >= 4 is 43.8 Å². The van der Waals surface area contributed by atoms with Gasteiger partial charge >= 0.3 is 0 Å². The third kappa shape index (κ3) is 5.80. The summed E-state index contributed by atoms with van der Waals surface area (Å²) in [6, 6.07) is 20.9. The molecule has 3 aromatic carbocycles. The zero-order valence-electron chi connectivity index (χ0n) is 17.1. The Kier molecular flexibility index (Phi) is 7.25. The Morgan fingerprint density at radius 3 is 2.26 bits per heavy atom. The highest BCUT2D eigenvalue weighted by Crippen LogP contribution is 2.25. The van der Waals surface area contributed by atoms with Crippen LogP contribution in [0.5, 0.6) is 0 Å². The topological polar surface area (TPSA) is 78.8 Å². The van der Waals surface area contributed by atoms with Gasteiger partial charge in [0.05, 0.1) is 16.8 Å². The van der Waals surface area contributed by atoms with E-state index < -0.39 is 22.5 Å². The van der Waals surface area contributed by atoms with Gasteiger partial charge in [0, 0.05) is 10.0 Å². The van der Waals surface area contributed by atoms with Crippen LogP contribution in [0.2, 0.25) is 0 Å². The fraction of sp³-hybridized carbons (Fsp3) is 0.130. The second kappa shape index (κ2) is 9.89. The van der Waals surface area contributed by atoms with Crippen LogP contribution in [-0.2, 0) is 14.8 Å². The molecule has 0 aliphatic carbocycles. The molecule has 3 aromatic rings. The van der Waals surface area contributed by atoms with E-state index in [4.69, 9.17) is 0 Å². The number of carbonyl (C=O) groups excluding carboxylic acids is 1. The predicted octanol–water partition coefficient (Wildman–Crippen LogP) is 4.41. The van der Waals surface area contributed by atoms with E-state index >= 15 is 0 Å². The van der Waals surface area contributed by atoms with Crippen LogP contribution in [0.1, 0.15) is 16.7 Å². The van der Waals surface area contributed by atoms with Crippen LogP contribution in [0.15, 0.2) is 87.3 Å². The molecule has 0 aliphatic heterocycles. The van der Waals surface area contributed by atoms with Gasteiger partial charge in [-0.25, -0.2) is 13.8 Å². The lowest BCUT2D eigenvalue weighted by Crippen LogP contribution is -2.39. The lowest BCUT2D eigenvalue weighted by molar-refractivity contribution is -0.119. The minimum atomic E-state index is -3.95. The Hall–Kier alpha value is -2.97. The van der Waals surface area contributed by atoms with Crippen molar-refractivity contribution in [1.82, 2.24) is 5.43 Å². The Balaban J connectivity index is 1.88. The molecule has 3 rings (SSSR count). The molecular weight excluding hydrogens is 478 g/mol. The molecule has 0 radical (unpaired) electrons. The molecule has 0 saturated carbocycles. The van der Waals surface area contributed by atoms with Gasteiger partial charge in [0.25, 0.3) is 15.9 Å². The molecule has 160 valence electrons. The van der Waals surface area contributed by atoms with Crippen molar-refractivity contribution in [2.24, 2.45) is 5.10 Å². The summed E-state index contributed by atoms with van der Waals surface area (Å²) in [6.45, 7) is 3.35. The van der Waals surface area contributed by atoms with E-state index in [9.17, 15) is 13.2 Å². The van der Waals surface area contributed by atoms with Crippen molar-refractivity contribution in [2.75, 3.05) is 10.8 Å². The lowest BCUT2D eigenvalue weighted by atomic mass is 10.1. The largest absolute Gasteiger partial charge is 0.271 e. The molecule has 1 N–H and O–H groups in total. The first kappa shape index (κ1) is 22.7. The molecule has 0 atom stereocenters. The number of hydrazone groups is 1. The van der Waals surface area contributed by atoms with Gasteiger partial charge in [-0.15, -0.1) is 0 Å². The van der Waals surface area contributed by atoms with E-state index in [1.54, 1.807) is 30.3 Å². The van der Waals surface area contributed by atoms with Crippen molar-refractivity contribution in [2.45, 2.75) is 18.7 Å². The zero-order chi connectivity index (χ0) is 22.4. The zero-order valence-corrected chi connectivity index (χ0v) is 19.5. The van der Waals surface area contributed by atoms with Crippen LogP contribution in [0.4, 0.5) is 5.69 Å². The van der Waals surface area contributed by atoms with Crippen molar-refractivity contribution in [3.63, 3.8) is 0 Å². The van der Waals surface area contributed by atoms with Crippen molar-refractivity contribution in [3.05, 3.63) is 94.0 Å². The third-order valence-electron chi connectivity index (χ3n) is 4.41. The average Bonchev–Trinajstić information content (AvgIpc) is 2.73. The Bertz CT molecular complexity index is 1190. The highest BCUT2D eigenvalue weighted by atomic mass is 79.9. The maximum absolute atomic E-state index is 13.3. The van der Waals surface area contributed by atoms with E-state index in [-0.39, 0.29) is 4.90 Å². The highest BCUT2D eigenvalue weighted by molar-refractivity contribution is 9.10. The maximum Gasteiger partial charge on any atom is 0.264 e. The number of halogens is 1. The average molecular weight is 500 g/mol. The molecule has 6 nitrogen and oxygen atoms in total.